The second-order valence-electron chi connectivity index (χ2n) is 6.46. The van der Waals surface area contributed by atoms with Gasteiger partial charge in [0.25, 0.3) is 0 Å². The van der Waals surface area contributed by atoms with Gasteiger partial charge in [0.15, 0.2) is 5.13 Å². The molecule has 0 unspecified atom stereocenters. The summed E-state index contributed by atoms with van der Waals surface area (Å²) in [4.78, 5) is 38.8. The van der Waals surface area contributed by atoms with E-state index in [1.165, 1.54) is 17.7 Å². The number of anilines is 1. The second kappa shape index (κ2) is 6.60. The molecule has 0 aromatic carbocycles. The van der Waals surface area contributed by atoms with Crippen molar-refractivity contribution in [1.82, 2.24) is 19.9 Å². The van der Waals surface area contributed by atoms with Crippen LogP contribution in [0.2, 0.25) is 0 Å². The number of aliphatic carboxylic acids is 1. The smallest absolute Gasteiger partial charge is 0.303 e. The lowest BCUT2D eigenvalue weighted by molar-refractivity contribution is -0.139. The summed E-state index contributed by atoms with van der Waals surface area (Å²) in [5, 5.41) is 14.7. The van der Waals surface area contributed by atoms with Crippen molar-refractivity contribution in [2.24, 2.45) is 5.41 Å². The molecule has 0 aliphatic heterocycles. The summed E-state index contributed by atoms with van der Waals surface area (Å²) in [5.74, 6) is -1.18. The molecule has 3 rings (SSSR count). The van der Waals surface area contributed by atoms with Gasteiger partial charge in [0.1, 0.15) is 23.4 Å². The number of hydrogen-bond acceptors (Lipinski definition) is 6. The first-order chi connectivity index (χ1) is 11.8. The topological polar surface area (TPSA) is 121 Å². The number of carbonyl (C=O) groups excluding carboxylic acids is 1. The van der Waals surface area contributed by atoms with Gasteiger partial charge in [-0.15, -0.1) is 11.3 Å². The van der Waals surface area contributed by atoms with Gasteiger partial charge in [0.05, 0.1) is 6.42 Å². The van der Waals surface area contributed by atoms with Gasteiger partial charge in [-0.2, -0.15) is 0 Å². The van der Waals surface area contributed by atoms with Crippen molar-refractivity contribution < 1.29 is 19.0 Å². The Kier molecular flexibility index (Phi) is 4.49. The number of rotatable bonds is 6. The summed E-state index contributed by atoms with van der Waals surface area (Å²) in [6.07, 6.45) is 3.27. The number of carbonyl (C=O) groups is 2. The van der Waals surface area contributed by atoms with Gasteiger partial charge in [0.2, 0.25) is 5.91 Å². The molecule has 3 aromatic rings. The Morgan fingerprint density at radius 2 is 2.16 bits per heavy atom. The summed E-state index contributed by atoms with van der Waals surface area (Å²) in [6, 6.07) is 1.87. The van der Waals surface area contributed by atoms with Crippen molar-refractivity contribution in [3.63, 3.8) is 0 Å². The Labute approximate surface area is 151 Å². The van der Waals surface area contributed by atoms with E-state index < -0.39 is 11.4 Å². The van der Waals surface area contributed by atoms with Crippen LogP contribution in [-0.2, 0) is 9.59 Å². The van der Waals surface area contributed by atoms with Gasteiger partial charge >= 0.3 is 5.97 Å². The maximum absolute atomic E-state index is 12.2. The Morgan fingerprint density at radius 1 is 1.36 bits per heavy atom. The number of amides is 1. The van der Waals surface area contributed by atoms with Crippen LogP contribution in [0.25, 0.3) is 22.4 Å². The van der Waals surface area contributed by atoms with E-state index in [4.69, 9.17) is 5.11 Å². The number of H-pyrrole nitrogens is 1. The van der Waals surface area contributed by atoms with E-state index >= 15 is 0 Å². The fourth-order valence-electron chi connectivity index (χ4n) is 2.59. The van der Waals surface area contributed by atoms with Crippen LogP contribution in [0, 0.1) is 5.41 Å². The number of aromatic amines is 1. The van der Waals surface area contributed by atoms with Crippen molar-refractivity contribution in [2.45, 2.75) is 26.7 Å². The number of fused-ring (bicyclic) bond motifs is 1. The predicted molar refractivity (Wildman–Crippen MR) is 101 cm³/mol. The number of aromatic nitrogens is 4. The number of nitrogens with zero attached hydrogens (tertiary/aromatic N) is 3. The molecule has 136 valence electrons. The average Bonchev–Trinajstić information content (AvgIpc) is 3.12. The zero-order valence-corrected chi connectivity index (χ0v) is 14.6. The molecule has 9 heteroatoms. The normalized spacial score (nSPS) is 11.6. The molecule has 0 bridgehead atoms. The summed E-state index contributed by atoms with van der Waals surface area (Å²) < 4.78 is 0. The zero-order valence-electron chi connectivity index (χ0n) is 13.7. The molecule has 0 fully saturated rings. The molecule has 8 nitrogen and oxygen atoms in total. The van der Waals surface area contributed by atoms with Gasteiger partial charge in [0, 0.05) is 27.7 Å². The van der Waals surface area contributed by atoms with Crippen LogP contribution in [0.5, 0.6) is 0 Å². The number of nitrogens with one attached hydrogen (secondary N) is 2. The monoisotopic (exact) mass is 365 g/mol. The van der Waals surface area contributed by atoms with Gasteiger partial charge in [-0.1, -0.05) is 13.8 Å². The molecule has 3 aromatic heterocycles. The first-order valence-electron chi connectivity index (χ1n) is 7.60. The molecular weight excluding hydrogens is 342 g/mol. The first-order valence-corrected chi connectivity index (χ1v) is 8.48. The molecule has 0 aliphatic rings. The quantitative estimate of drug-likeness (QED) is 0.613. The van der Waals surface area contributed by atoms with Crippen molar-refractivity contribution in [1.29, 1.82) is 0 Å². The minimum absolute atomic E-state index is 0. The average molecular weight is 365 g/mol. The molecule has 0 atom stereocenters. The van der Waals surface area contributed by atoms with E-state index in [9.17, 15) is 9.59 Å². The molecule has 0 radical (unpaired) electrons. The molecule has 25 heavy (non-hydrogen) atoms. The minimum atomic E-state index is -0.923. The Hall–Kier alpha value is -2.81. The van der Waals surface area contributed by atoms with Crippen LogP contribution in [0.15, 0.2) is 24.0 Å². The van der Waals surface area contributed by atoms with Crippen LogP contribution in [0.3, 0.4) is 0 Å². The number of carboxylic acids is 1. The van der Waals surface area contributed by atoms with Gasteiger partial charge in [-0.25, -0.2) is 15.0 Å². The molecule has 0 saturated heterocycles. The van der Waals surface area contributed by atoms with E-state index in [-0.39, 0.29) is 23.0 Å². The zero-order chi connectivity index (χ0) is 18.0. The highest BCUT2D eigenvalue weighted by atomic mass is 32.1. The van der Waals surface area contributed by atoms with Gasteiger partial charge in [-0.3, -0.25) is 9.59 Å². The van der Waals surface area contributed by atoms with E-state index in [1.807, 2.05) is 11.4 Å². The lowest BCUT2D eigenvalue weighted by Gasteiger charge is -2.20. The molecular formula is C16H23N5O3S. The van der Waals surface area contributed by atoms with Gasteiger partial charge in [-0.05, 0) is 11.5 Å². The minimum Gasteiger partial charge on any atom is -0.481 e. The molecule has 0 aliphatic carbocycles. The summed E-state index contributed by atoms with van der Waals surface area (Å²) in [7, 11) is 0. The van der Waals surface area contributed by atoms with Crippen LogP contribution in [0.1, 0.15) is 31.0 Å². The lowest BCUT2D eigenvalue weighted by Crippen LogP contribution is -2.24. The van der Waals surface area contributed by atoms with Crippen LogP contribution < -0.4 is 5.32 Å². The largest absolute Gasteiger partial charge is 0.481 e. The summed E-state index contributed by atoms with van der Waals surface area (Å²) >= 11 is 1.29. The fraction of sp³-hybridized carbons (Fsp3) is 0.312. The van der Waals surface area contributed by atoms with Crippen LogP contribution in [0.4, 0.5) is 5.13 Å². The highest BCUT2D eigenvalue weighted by Crippen LogP contribution is 2.29. The summed E-state index contributed by atoms with van der Waals surface area (Å²) in [5.41, 5.74) is 1.44. The predicted octanol–water partition coefficient (Wildman–Crippen LogP) is 3.65. The lowest BCUT2D eigenvalue weighted by atomic mass is 9.85. The SMILES string of the molecule is CC(C)(CC(=O)O)CC(=O)Nc1nc(-c2ncnc3[nH]ccc23)cs1.[HH].[HH].[HH]. The maximum atomic E-state index is 12.2. The highest BCUT2D eigenvalue weighted by Gasteiger charge is 2.25. The second-order valence-corrected chi connectivity index (χ2v) is 7.32. The highest BCUT2D eigenvalue weighted by molar-refractivity contribution is 7.14. The Balaban J connectivity index is 0.00000243. The molecule has 0 spiro atoms. The standard InChI is InChI=1S/C16H17N5O3S.3H2/c1-16(2,6-12(23)24)5-11(22)21-15-20-10(7-25-15)13-9-3-4-17-14(9)19-8-18-13;;;/h3-4,7-8H,5-6H2,1-2H3,(H,23,24)(H,17,18,19)(H,20,21,22);3*1H. The molecule has 0 saturated carbocycles. The Bertz CT molecular complexity index is 944. The van der Waals surface area contributed by atoms with Crippen LogP contribution in [-0.4, -0.2) is 36.9 Å². The van der Waals surface area contributed by atoms with Crippen LogP contribution >= 0.6 is 11.3 Å². The van der Waals surface area contributed by atoms with Crippen molar-refractivity contribution in [3.8, 4) is 11.4 Å². The maximum Gasteiger partial charge on any atom is 0.303 e. The van der Waals surface area contributed by atoms with Crippen molar-refractivity contribution >= 4 is 39.4 Å². The van der Waals surface area contributed by atoms with E-state index in [2.05, 4.69) is 25.3 Å². The Morgan fingerprint density at radius 3 is 2.92 bits per heavy atom. The number of carboxylic acid groups (broad SMARTS) is 1. The molecule has 3 N–H and O–H groups in total. The van der Waals surface area contributed by atoms with E-state index in [0.29, 0.717) is 16.5 Å². The number of hydrogen-bond donors (Lipinski definition) is 3. The third-order valence-electron chi connectivity index (χ3n) is 3.62. The first kappa shape index (κ1) is 17.0. The van der Waals surface area contributed by atoms with E-state index in [1.54, 1.807) is 20.0 Å². The fourth-order valence-corrected chi connectivity index (χ4v) is 3.30. The van der Waals surface area contributed by atoms with Crippen molar-refractivity contribution in [3.05, 3.63) is 24.0 Å². The van der Waals surface area contributed by atoms with E-state index in [0.717, 1.165) is 11.0 Å². The van der Waals surface area contributed by atoms with Gasteiger partial charge < -0.3 is 15.4 Å². The molecule has 3 heterocycles. The molecule has 1 amide bonds. The third kappa shape index (κ3) is 4.00. The third-order valence-corrected chi connectivity index (χ3v) is 4.37. The van der Waals surface area contributed by atoms with Crippen molar-refractivity contribution in [2.75, 3.05) is 5.32 Å². The number of thiazole rings is 1. The summed E-state index contributed by atoms with van der Waals surface area (Å²) in [6.45, 7) is 3.50.